The molecule has 0 aliphatic carbocycles. The van der Waals surface area contributed by atoms with Gasteiger partial charge in [0, 0.05) is 61.2 Å². The Morgan fingerprint density at radius 1 is 1.04 bits per heavy atom. The van der Waals surface area contributed by atoms with Crippen molar-refractivity contribution >= 4 is 17.2 Å². The van der Waals surface area contributed by atoms with Crippen LogP contribution < -0.4 is 9.80 Å². The maximum Gasteiger partial charge on any atom is 0.272 e. The molecule has 0 radical (unpaired) electrons. The summed E-state index contributed by atoms with van der Waals surface area (Å²) in [6.45, 7) is 11.4. The molecule has 0 bridgehead atoms. The third kappa shape index (κ3) is 3.76. The molecule has 7 nitrogen and oxygen atoms in total. The van der Waals surface area contributed by atoms with E-state index in [1.807, 2.05) is 25.1 Å². The molecule has 0 atom stereocenters. The van der Waals surface area contributed by atoms with E-state index in [9.17, 15) is 10.1 Å². The Morgan fingerprint density at radius 3 is 2.27 bits per heavy atom. The van der Waals surface area contributed by atoms with Gasteiger partial charge in [-0.2, -0.15) is 0 Å². The summed E-state index contributed by atoms with van der Waals surface area (Å²) in [6, 6.07) is 7.38. The minimum Gasteiger partial charge on any atom is -0.368 e. The molecule has 0 saturated carbocycles. The highest BCUT2D eigenvalue weighted by Gasteiger charge is 2.21. The summed E-state index contributed by atoms with van der Waals surface area (Å²) in [5.41, 5.74) is 2.90. The van der Waals surface area contributed by atoms with Crippen LogP contribution in [0.3, 0.4) is 0 Å². The number of hydrogen-bond donors (Lipinski definition) is 0. The van der Waals surface area contributed by atoms with E-state index in [4.69, 9.17) is 4.98 Å². The average molecular weight is 355 g/mol. The molecular weight excluding hydrogens is 330 g/mol. The zero-order valence-corrected chi connectivity index (χ0v) is 15.8. The predicted octanol–water partition coefficient (Wildman–Crippen LogP) is 3.45. The first kappa shape index (κ1) is 18.1. The second-order valence-electron chi connectivity index (χ2n) is 7.08. The monoisotopic (exact) mass is 355 g/mol. The lowest BCUT2D eigenvalue weighted by Gasteiger charge is -2.37. The Kier molecular flexibility index (Phi) is 5.06. The van der Waals surface area contributed by atoms with E-state index in [1.54, 1.807) is 13.0 Å². The van der Waals surface area contributed by atoms with E-state index >= 15 is 0 Å². The van der Waals surface area contributed by atoms with Gasteiger partial charge < -0.3 is 9.80 Å². The van der Waals surface area contributed by atoms with Crippen LogP contribution in [0, 0.1) is 24.0 Å². The number of nitro benzene ring substituents is 1. The lowest BCUT2D eigenvalue weighted by atomic mass is 10.1. The zero-order valence-electron chi connectivity index (χ0n) is 15.8. The number of nitro groups is 1. The number of nitrogens with zero attached hydrogens (tertiary/aromatic N) is 5. The highest BCUT2D eigenvalue weighted by atomic mass is 16.6. The first-order valence-electron chi connectivity index (χ1n) is 8.95. The van der Waals surface area contributed by atoms with E-state index in [0.717, 1.165) is 49.2 Å². The van der Waals surface area contributed by atoms with Crippen LogP contribution in [0.1, 0.15) is 36.8 Å². The van der Waals surface area contributed by atoms with Gasteiger partial charge in [0.05, 0.1) is 4.92 Å². The summed E-state index contributed by atoms with van der Waals surface area (Å²) in [5, 5.41) is 11.0. The van der Waals surface area contributed by atoms with Gasteiger partial charge in [-0.3, -0.25) is 10.1 Å². The summed E-state index contributed by atoms with van der Waals surface area (Å²) in [7, 11) is 0. The van der Waals surface area contributed by atoms with E-state index in [2.05, 4.69) is 28.6 Å². The van der Waals surface area contributed by atoms with Gasteiger partial charge in [-0.05, 0) is 26.0 Å². The molecule has 1 aromatic carbocycles. The van der Waals surface area contributed by atoms with Gasteiger partial charge in [-0.15, -0.1) is 0 Å². The third-order valence-electron chi connectivity index (χ3n) is 4.72. The van der Waals surface area contributed by atoms with Crippen molar-refractivity contribution < 1.29 is 4.92 Å². The predicted molar refractivity (Wildman–Crippen MR) is 103 cm³/mol. The first-order valence-corrected chi connectivity index (χ1v) is 8.95. The normalized spacial score (nSPS) is 14.8. The van der Waals surface area contributed by atoms with E-state index < -0.39 is 0 Å². The van der Waals surface area contributed by atoms with Crippen LogP contribution in [0.25, 0.3) is 0 Å². The molecule has 0 unspecified atom stereocenters. The van der Waals surface area contributed by atoms with Crippen LogP contribution in [-0.4, -0.2) is 41.1 Å². The molecule has 0 spiro atoms. The molecule has 2 aromatic rings. The SMILES string of the molecule is Cc1cc(N2CCN(c3ccc([N+](=O)[O-])c(C)c3)CC2)nc(C(C)C)n1. The minimum atomic E-state index is -0.333. The van der Waals surface area contributed by atoms with Gasteiger partial charge in [0.15, 0.2) is 0 Å². The van der Waals surface area contributed by atoms with E-state index in [1.165, 1.54) is 0 Å². The summed E-state index contributed by atoms with van der Waals surface area (Å²) in [6.07, 6.45) is 0. The summed E-state index contributed by atoms with van der Waals surface area (Å²) in [4.78, 5) is 24.4. The Hall–Kier alpha value is -2.70. The van der Waals surface area contributed by atoms with Crippen molar-refractivity contribution in [1.29, 1.82) is 0 Å². The molecule has 0 N–H and O–H groups in total. The summed E-state index contributed by atoms with van der Waals surface area (Å²) in [5.74, 6) is 2.17. The van der Waals surface area contributed by atoms with Gasteiger partial charge in [-0.25, -0.2) is 9.97 Å². The Bertz CT molecular complexity index is 814. The lowest BCUT2D eigenvalue weighted by molar-refractivity contribution is -0.385. The molecule has 1 aliphatic heterocycles. The second kappa shape index (κ2) is 7.27. The van der Waals surface area contributed by atoms with Crippen molar-refractivity contribution in [2.24, 2.45) is 0 Å². The van der Waals surface area contributed by atoms with Crippen molar-refractivity contribution in [3.05, 3.63) is 51.5 Å². The molecule has 0 amide bonds. The molecule has 138 valence electrons. The zero-order chi connectivity index (χ0) is 18.8. The topological polar surface area (TPSA) is 75.4 Å². The van der Waals surface area contributed by atoms with Crippen LogP contribution in [-0.2, 0) is 0 Å². The van der Waals surface area contributed by atoms with Gasteiger partial charge in [0.1, 0.15) is 11.6 Å². The molecule has 1 aliphatic rings. The Labute approximate surface area is 153 Å². The minimum absolute atomic E-state index is 0.171. The van der Waals surface area contributed by atoms with Crippen molar-refractivity contribution in [3.8, 4) is 0 Å². The van der Waals surface area contributed by atoms with E-state index in [-0.39, 0.29) is 10.6 Å². The summed E-state index contributed by atoms with van der Waals surface area (Å²) >= 11 is 0. The number of rotatable bonds is 4. The second-order valence-corrected chi connectivity index (χ2v) is 7.08. The highest BCUT2D eigenvalue weighted by Crippen LogP contribution is 2.26. The fraction of sp³-hybridized carbons (Fsp3) is 0.474. The average Bonchev–Trinajstić information content (AvgIpc) is 2.61. The smallest absolute Gasteiger partial charge is 0.272 e. The van der Waals surface area contributed by atoms with Crippen LogP contribution in [0.5, 0.6) is 0 Å². The molecule has 1 saturated heterocycles. The standard InChI is InChI=1S/C19H25N5O2/c1-13(2)19-20-15(4)12-18(21-19)23-9-7-22(8-10-23)16-5-6-17(24(25)26)14(3)11-16/h5-6,11-13H,7-10H2,1-4H3. The molecular formula is C19H25N5O2. The molecule has 3 rings (SSSR count). The molecule has 26 heavy (non-hydrogen) atoms. The maximum absolute atomic E-state index is 11.0. The van der Waals surface area contributed by atoms with Crippen molar-refractivity contribution in [2.45, 2.75) is 33.6 Å². The van der Waals surface area contributed by atoms with Crippen LogP contribution >= 0.6 is 0 Å². The number of piperazine rings is 1. The van der Waals surface area contributed by atoms with E-state index in [0.29, 0.717) is 11.5 Å². The number of anilines is 2. The Balaban J connectivity index is 1.72. The molecule has 7 heteroatoms. The van der Waals surface area contributed by atoms with Gasteiger partial charge in [-0.1, -0.05) is 13.8 Å². The van der Waals surface area contributed by atoms with Gasteiger partial charge in [0.2, 0.25) is 0 Å². The lowest BCUT2D eigenvalue weighted by Crippen LogP contribution is -2.47. The molecule has 2 heterocycles. The Morgan fingerprint density at radius 2 is 1.69 bits per heavy atom. The molecule has 1 aromatic heterocycles. The fourth-order valence-electron chi connectivity index (χ4n) is 3.23. The molecule has 1 fully saturated rings. The largest absolute Gasteiger partial charge is 0.368 e. The van der Waals surface area contributed by atoms with Crippen molar-refractivity contribution in [3.63, 3.8) is 0 Å². The van der Waals surface area contributed by atoms with Crippen LogP contribution in [0.15, 0.2) is 24.3 Å². The van der Waals surface area contributed by atoms with Gasteiger partial charge in [0.25, 0.3) is 5.69 Å². The third-order valence-corrected chi connectivity index (χ3v) is 4.72. The van der Waals surface area contributed by atoms with Crippen LogP contribution in [0.4, 0.5) is 17.2 Å². The first-order chi connectivity index (χ1) is 12.3. The number of hydrogen-bond acceptors (Lipinski definition) is 6. The number of aryl methyl sites for hydroxylation is 2. The quantitative estimate of drug-likeness (QED) is 0.618. The van der Waals surface area contributed by atoms with Gasteiger partial charge >= 0.3 is 0 Å². The van der Waals surface area contributed by atoms with Crippen molar-refractivity contribution in [2.75, 3.05) is 36.0 Å². The fourth-order valence-corrected chi connectivity index (χ4v) is 3.23. The maximum atomic E-state index is 11.0. The number of aromatic nitrogens is 2. The van der Waals surface area contributed by atoms with Crippen LogP contribution in [0.2, 0.25) is 0 Å². The number of benzene rings is 1. The summed E-state index contributed by atoms with van der Waals surface area (Å²) < 4.78 is 0. The van der Waals surface area contributed by atoms with Crippen molar-refractivity contribution in [1.82, 2.24) is 9.97 Å². The highest BCUT2D eigenvalue weighted by molar-refractivity contribution is 5.56.